The molecule has 0 fully saturated rings. The Hall–Kier alpha value is -9.21. The summed E-state index contributed by atoms with van der Waals surface area (Å²) in [5.74, 6) is -4.07. The first-order chi connectivity index (χ1) is 37.8. The number of non-ortho nitro benzene ring substituents is 1. The number of hydrogen-bond acceptors (Lipinski definition) is 21. The molecule has 0 radical (unpaired) electrons. The van der Waals surface area contributed by atoms with Gasteiger partial charge < -0.3 is 41.5 Å². The first-order valence-electron chi connectivity index (χ1n) is 23.3. The zero-order chi connectivity index (χ0) is 62.2. The third kappa shape index (κ3) is 21.1. The number of aromatic hydroxyl groups is 2. The summed E-state index contributed by atoms with van der Waals surface area (Å²) in [4.78, 5) is 78.0. The van der Waals surface area contributed by atoms with Crippen molar-refractivity contribution in [1.82, 2.24) is 39.9 Å². The van der Waals surface area contributed by atoms with Gasteiger partial charge in [-0.15, -0.1) is 10.2 Å². The van der Waals surface area contributed by atoms with Crippen LogP contribution in [0, 0.1) is 35.6 Å². The molecule has 0 saturated heterocycles. The molecule has 0 spiro atoms. The Balaban J connectivity index is 0.000000287. The summed E-state index contributed by atoms with van der Waals surface area (Å²) in [7, 11) is -4.85. The number of esters is 1. The van der Waals surface area contributed by atoms with Crippen molar-refractivity contribution in [3.63, 3.8) is 0 Å². The normalized spacial score (nSPS) is 11.1. The van der Waals surface area contributed by atoms with Crippen LogP contribution in [0.3, 0.4) is 0 Å². The van der Waals surface area contributed by atoms with Crippen molar-refractivity contribution in [2.24, 2.45) is 25.6 Å². The fourth-order valence-electron chi connectivity index (χ4n) is 6.26. The van der Waals surface area contributed by atoms with Crippen LogP contribution in [0.4, 0.5) is 14.5 Å². The molecule has 4 aromatic carbocycles. The Morgan fingerprint density at radius 1 is 0.695 bits per heavy atom. The van der Waals surface area contributed by atoms with Gasteiger partial charge in [-0.25, -0.2) is 23.5 Å². The summed E-state index contributed by atoms with van der Waals surface area (Å²) >= 11 is 0. The lowest BCUT2D eigenvalue weighted by Crippen LogP contribution is -2.39. The maximum atomic E-state index is 12.9. The molecule has 10 N–H and O–H groups in total. The number of nitrogens with zero attached hydrogens (tertiary/aromatic N) is 7. The van der Waals surface area contributed by atoms with E-state index in [-0.39, 0.29) is 64.5 Å². The Morgan fingerprint density at radius 2 is 1.07 bits per heavy atom. The highest BCUT2D eigenvalue weighted by Gasteiger charge is 2.28. The molecule has 3 aromatic heterocycles. The highest BCUT2D eigenvalue weighted by Crippen LogP contribution is 2.21. The summed E-state index contributed by atoms with van der Waals surface area (Å²) in [6, 6.07) is 22.2. The van der Waals surface area contributed by atoms with Crippen LogP contribution in [0.5, 0.6) is 17.2 Å². The predicted octanol–water partition coefficient (Wildman–Crippen LogP) is 3.75. The van der Waals surface area contributed by atoms with Crippen LogP contribution in [-0.2, 0) is 58.5 Å². The third-order valence-electron chi connectivity index (χ3n) is 10.1. The molecular weight excluding hydrogens is 1130 g/mol. The number of nitro benzene ring substituents is 1. The highest BCUT2D eigenvalue weighted by molar-refractivity contribution is 7.85. The van der Waals surface area contributed by atoms with Gasteiger partial charge in [-0.3, -0.25) is 47.5 Å². The topological polar surface area (TPSA) is 438 Å². The van der Waals surface area contributed by atoms with Gasteiger partial charge in [-0.05, 0) is 94.3 Å². The second-order valence-corrected chi connectivity index (χ2v) is 21.2. The molecule has 3 heterocycles. The molecule has 440 valence electrons. The first kappa shape index (κ1) is 67.1. The van der Waals surface area contributed by atoms with Gasteiger partial charge in [0.2, 0.25) is 17.4 Å². The molecule has 82 heavy (non-hydrogen) atoms. The number of amides is 2. The van der Waals surface area contributed by atoms with Gasteiger partial charge in [0.1, 0.15) is 29.0 Å². The van der Waals surface area contributed by atoms with Crippen LogP contribution in [0.2, 0.25) is 0 Å². The number of ether oxygens (including phenoxy) is 1. The number of nitrogens with one attached hydrogen (secondary N) is 2. The van der Waals surface area contributed by atoms with Gasteiger partial charge in [0.15, 0.2) is 11.4 Å². The molecule has 0 bridgehead atoms. The molecule has 0 aliphatic carbocycles. The molecule has 2 amide bonds. The zero-order valence-electron chi connectivity index (χ0n) is 45.1. The third-order valence-corrected chi connectivity index (χ3v) is 11.0. The summed E-state index contributed by atoms with van der Waals surface area (Å²) in [6.45, 7) is 10.1. The molecule has 0 saturated carbocycles. The Bertz CT molecular complexity index is 3610. The van der Waals surface area contributed by atoms with Crippen LogP contribution in [0.25, 0.3) is 0 Å². The summed E-state index contributed by atoms with van der Waals surface area (Å²) in [6.07, 6.45) is 0.715. The molecule has 7 rings (SSSR count). The first-order valence-corrected chi connectivity index (χ1v) is 26.5. The largest absolute Gasteiger partial charge is 0.501 e. The van der Waals surface area contributed by atoms with Gasteiger partial charge >= 0.3 is 11.9 Å². The zero-order valence-corrected chi connectivity index (χ0v) is 46.7. The van der Waals surface area contributed by atoms with Gasteiger partial charge in [-0.1, -0.05) is 42.0 Å². The highest BCUT2D eigenvalue weighted by atomic mass is 32.2. The number of carbonyl (C=O) groups is 3. The van der Waals surface area contributed by atoms with Crippen molar-refractivity contribution >= 4 is 43.7 Å². The lowest BCUT2D eigenvalue weighted by molar-refractivity contribution is -0.384. The maximum absolute atomic E-state index is 12.9. The van der Waals surface area contributed by atoms with Crippen molar-refractivity contribution in [3.8, 4) is 17.2 Å². The van der Waals surface area contributed by atoms with E-state index in [0.717, 1.165) is 14.7 Å². The molecular formula is C50H57F2N11O17S2. The van der Waals surface area contributed by atoms with Crippen molar-refractivity contribution in [3.05, 3.63) is 191 Å². The second kappa shape index (κ2) is 28.3. The summed E-state index contributed by atoms with van der Waals surface area (Å²) in [5.41, 5.74) is 9.82. The van der Waals surface area contributed by atoms with E-state index in [1.54, 1.807) is 39.8 Å². The molecule has 32 heteroatoms. The Kier molecular flexibility index (Phi) is 23.1. The molecule has 0 aliphatic rings. The van der Waals surface area contributed by atoms with Crippen molar-refractivity contribution in [1.29, 1.82) is 0 Å². The Labute approximate surface area is 466 Å². The summed E-state index contributed by atoms with van der Waals surface area (Å²) in [5, 5.41) is 42.3. The lowest BCUT2D eigenvalue weighted by atomic mass is 10.1. The number of nitrogens with two attached hydrogens (primary N) is 2. The van der Waals surface area contributed by atoms with E-state index in [1.165, 1.54) is 106 Å². The number of halogens is 2. The molecule has 0 aliphatic heterocycles. The minimum absolute atomic E-state index is 0.0666. The number of carbonyl (C=O) groups excluding carboxylic acids is 3. The average molecular weight is 1190 g/mol. The van der Waals surface area contributed by atoms with Crippen molar-refractivity contribution < 1.29 is 73.4 Å². The van der Waals surface area contributed by atoms with Crippen LogP contribution >= 0.6 is 0 Å². The van der Waals surface area contributed by atoms with E-state index < -0.39 is 88.0 Å². The predicted molar refractivity (Wildman–Crippen MR) is 287 cm³/mol. The van der Waals surface area contributed by atoms with Crippen molar-refractivity contribution in [2.45, 2.75) is 70.6 Å². The van der Waals surface area contributed by atoms with E-state index in [2.05, 4.69) is 30.8 Å². The second-order valence-electron chi connectivity index (χ2n) is 18.3. The molecule has 0 atom stereocenters. The van der Waals surface area contributed by atoms with Crippen LogP contribution < -0.4 is 38.0 Å². The standard InChI is InChI=1S/2C16H19FN4O3.C10H7N3O5.C7H8O3S.CH4O3S/c2*1-16(2,18)15-20-11(12(22)14(24)21(15)3)13(23)19-8-9-4-6-10(17)7-5-9;1-6-11-12-9(17-6)10(14)18-8-4-2-7(3-5-8)13(15)16;1-6-2-4-7(5-3-6)11(8,9)10;1-5(2,3)4/h2*4-7,22H,8,18H2,1-3H3,(H,19,23);2-5H,1H3;2-5H,1H3,(H,8,9,10);1H3,(H,2,3,4). The van der Waals surface area contributed by atoms with Crippen molar-refractivity contribution in [2.75, 3.05) is 6.26 Å². The van der Waals surface area contributed by atoms with E-state index >= 15 is 0 Å². The number of hydrogen-bond donors (Lipinski definition) is 8. The SMILES string of the molecule is CS(=O)(=O)O.Cc1ccc(S(=O)(=O)O)cc1.Cc1nnc(C(=O)Oc2ccc([N+](=O)[O-])cc2)o1.Cn1c(C(C)(C)N)nc(C(=O)NCc2ccc(F)cc2)c(O)c1=O.Cn1c(C(C)(C)N)nc(C(=O)NCc2ccc(F)cc2)c(O)c1=O. The fourth-order valence-corrected chi connectivity index (χ4v) is 6.74. The number of aryl methyl sites for hydroxylation is 2. The maximum Gasteiger partial charge on any atom is 0.401 e. The number of rotatable bonds is 12. The van der Waals surface area contributed by atoms with E-state index in [1.807, 2.05) is 6.92 Å². The van der Waals surface area contributed by atoms with Crippen LogP contribution in [-0.4, -0.2) is 94.4 Å². The van der Waals surface area contributed by atoms with Crippen LogP contribution in [0.1, 0.15) is 93.6 Å². The average Bonchev–Trinajstić information content (AvgIpc) is 3.83. The van der Waals surface area contributed by atoms with E-state index in [9.17, 15) is 69.9 Å². The number of nitro groups is 1. The molecule has 7 aromatic rings. The van der Waals surface area contributed by atoms with Gasteiger partial charge in [-0.2, -0.15) is 16.8 Å². The number of aromatic nitrogens is 6. The quantitative estimate of drug-likeness (QED) is 0.0284. The van der Waals surface area contributed by atoms with Gasteiger partial charge in [0, 0.05) is 46.2 Å². The van der Waals surface area contributed by atoms with E-state index in [0.29, 0.717) is 17.4 Å². The molecule has 28 nitrogen and oxygen atoms in total. The van der Waals surface area contributed by atoms with Gasteiger partial charge in [0.05, 0.1) is 27.2 Å². The minimum atomic E-state index is -4.02. The smallest absolute Gasteiger partial charge is 0.401 e. The summed E-state index contributed by atoms with van der Waals surface area (Å²) < 4.78 is 93.1. The number of benzene rings is 4. The fraction of sp³-hybridized carbons (Fsp3) is 0.260. The van der Waals surface area contributed by atoms with Gasteiger partial charge in [0.25, 0.3) is 48.9 Å². The van der Waals surface area contributed by atoms with Crippen LogP contribution in [0.15, 0.2) is 116 Å². The molecule has 0 unspecified atom stereocenters. The Morgan fingerprint density at radius 3 is 1.39 bits per heavy atom. The minimum Gasteiger partial charge on any atom is -0.501 e. The van der Waals surface area contributed by atoms with E-state index in [4.69, 9.17) is 29.7 Å². The lowest BCUT2D eigenvalue weighted by Gasteiger charge is -2.21. The monoisotopic (exact) mass is 1190 g/mol.